The Morgan fingerprint density at radius 1 is 1.33 bits per heavy atom. The lowest BCUT2D eigenvalue weighted by Gasteiger charge is -2.29. The Bertz CT molecular complexity index is 761. The summed E-state index contributed by atoms with van der Waals surface area (Å²) in [5, 5.41) is 9.21. The van der Waals surface area contributed by atoms with Crippen molar-refractivity contribution in [2.24, 2.45) is 5.73 Å². The zero-order valence-corrected chi connectivity index (χ0v) is 13.7. The number of anilines is 1. The molecule has 0 fully saturated rings. The normalized spacial score (nSPS) is 13.8. The molecule has 0 saturated heterocycles. The monoisotopic (exact) mass is 327 g/mol. The van der Waals surface area contributed by atoms with Gasteiger partial charge in [-0.15, -0.1) is 0 Å². The van der Waals surface area contributed by atoms with Gasteiger partial charge in [-0.3, -0.25) is 4.79 Å². The molecule has 0 atom stereocenters. The van der Waals surface area contributed by atoms with Gasteiger partial charge in [-0.05, 0) is 37.1 Å². The van der Waals surface area contributed by atoms with E-state index in [1.165, 1.54) is 0 Å². The van der Waals surface area contributed by atoms with Crippen LogP contribution >= 0.6 is 0 Å². The largest absolute Gasteiger partial charge is 0.439 e. The summed E-state index contributed by atoms with van der Waals surface area (Å²) in [6, 6.07) is 9.35. The molecule has 1 aromatic carbocycles. The zero-order valence-electron chi connectivity index (χ0n) is 13.7. The van der Waals surface area contributed by atoms with Crippen LogP contribution < -0.4 is 15.4 Å². The van der Waals surface area contributed by atoms with E-state index in [0.29, 0.717) is 31.0 Å². The molecule has 0 radical (unpaired) electrons. The second-order valence-corrected chi connectivity index (χ2v) is 5.78. The number of pyridine rings is 1. The van der Waals surface area contributed by atoms with Gasteiger partial charge in [0.2, 0.25) is 11.8 Å². The molecule has 1 amide bonds. The third kappa shape index (κ3) is 3.25. The molecule has 0 bridgehead atoms. The number of nitrogens with zero attached hydrogens (tertiary/aromatic N) is 2. The number of carbonyl (C=O) groups is 1. The first-order valence-corrected chi connectivity index (χ1v) is 8.01. The van der Waals surface area contributed by atoms with Crippen molar-refractivity contribution >= 4 is 11.6 Å². The van der Waals surface area contributed by atoms with Crippen LogP contribution in [0.25, 0.3) is 0 Å². The summed E-state index contributed by atoms with van der Waals surface area (Å²) in [5.74, 6) is 1.20. The summed E-state index contributed by atoms with van der Waals surface area (Å²) in [6.45, 7) is 2.53. The number of rotatable bonds is 5. The maximum Gasteiger partial charge on any atom is 0.227 e. The molecule has 1 aromatic heterocycles. The van der Waals surface area contributed by atoms with E-state index in [1.807, 2.05) is 37.3 Å². The fourth-order valence-corrected chi connectivity index (χ4v) is 2.99. The second-order valence-electron chi connectivity index (χ2n) is 5.78. The SMILES string of the molecule is Cc1cc(CN)cc(Oc2cccc3c2CCC(=O)N3CCO)n1. The van der Waals surface area contributed by atoms with Crippen molar-refractivity contribution in [3.05, 3.63) is 47.2 Å². The first-order valence-electron chi connectivity index (χ1n) is 8.01. The summed E-state index contributed by atoms with van der Waals surface area (Å²) in [7, 11) is 0. The number of ether oxygens (including phenoxy) is 1. The molecule has 6 heteroatoms. The number of aryl methyl sites for hydroxylation is 1. The third-order valence-electron chi connectivity index (χ3n) is 4.05. The molecule has 3 N–H and O–H groups in total. The Morgan fingerprint density at radius 2 is 2.17 bits per heavy atom. The number of benzene rings is 1. The highest BCUT2D eigenvalue weighted by Crippen LogP contribution is 2.36. The van der Waals surface area contributed by atoms with Crippen LogP contribution in [-0.4, -0.2) is 29.1 Å². The van der Waals surface area contributed by atoms with E-state index in [9.17, 15) is 9.90 Å². The van der Waals surface area contributed by atoms with Gasteiger partial charge in [-0.25, -0.2) is 4.98 Å². The van der Waals surface area contributed by atoms with E-state index < -0.39 is 0 Å². The van der Waals surface area contributed by atoms with Crippen LogP contribution in [0.15, 0.2) is 30.3 Å². The van der Waals surface area contributed by atoms with Crippen molar-refractivity contribution < 1.29 is 14.6 Å². The van der Waals surface area contributed by atoms with Gasteiger partial charge < -0.3 is 20.5 Å². The molecule has 0 saturated carbocycles. The van der Waals surface area contributed by atoms with Crippen LogP contribution in [0.4, 0.5) is 5.69 Å². The zero-order chi connectivity index (χ0) is 17.1. The number of hydrogen-bond acceptors (Lipinski definition) is 5. The fraction of sp³-hybridized carbons (Fsp3) is 0.333. The van der Waals surface area contributed by atoms with E-state index >= 15 is 0 Å². The number of aliphatic hydroxyl groups excluding tert-OH is 1. The minimum absolute atomic E-state index is 0.0211. The molecule has 0 spiro atoms. The van der Waals surface area contributed by atoms with Crippen LogP contribution in [0.3, 0.4) is 0 Å². The first-order chi connectivity index (χ1) is 11.6. The van der Waals surface area contributed by atoms with Crippen molar-refractivity contribution in [3.63, 3.8) is 0 Å². The highest BCUT2D eigenvalue weighted by Gasteiger charge is 2.26. The fourth-order valence-electron chi connectivity index (χ4n) is 2.99. The van der Waals surface area contributed by atoms with E-state index in [4.69, 9.17) is 10.5 Å². The number of carbonyl (C=O) groups excluding carboxylic acids is 1. The Kier molecular flexibility index (Phi) is 4.78. The number of amides is 1. The van der Waals surface area contributed by atoms with Crippen LogP contribution in [-0.2, 0) is 17.8 Å². The Labute approximate surface area is 140 Å². The molecule has 6 nitrogen and oxygen atoms in total. The molecular weight excluding hydrogens is 306 g/mol. The van der Waals surface area contributed by atoms with Gasteiger partial charge in [0.25, 0.3) is 0 Å². The van der Waals surface area contributed by atoms with Crippen molar-refractivity contribution in [1.82, 2.24) is 4.98 Å². The van der Waals surface area contributed by atoms with Crippen molar-refractivity contribution in [1.29, 1.82) is 0 Å². The van der Waals surface area contributed by atoms with E-state index in [-0.39, 0.29) is 19.1 Å². The maximum atomic E-state index is 12.1. The standard InChI is InChI=1S/C18H21N3O3/c1-12-9-13(11-19)10-17(20-12)24-16-4-2-3-15-14(16)5-6-18(23)21(15)7-8-22/h2-4,9-10,22H,5-8,11,19H2,1H3. The molecule has 24 heavy (non-hydrogen) atoms. The molecule has 2 heterocycles. The molecule has 2 aromatic rings. The van der Waals surface area contributed by atoms with Gasteiger partial charge in [0.05, 0.1) is 12.3 Å². The quantitative estimate of drug-likeness (QED) is 0.876. The van der Waals surface area contributed by atoms with Gasteiger partial charge in [0, 0.05) is 36.8 Å². The molecule has 1 aliphatic rings. The lowest BCUT2D eigenvalue weighted by atomic mass is 10.00. The smallest absolute Gasteiger partial charge is 0.227 e. The van der Waals surface area contributed by atoms with Gasteiger partial charge in [0.1, 0.15) is 5.75 Å². The molecule has 1 aliphatic heterocycles. The third-order valence-corrected chi connectivity index (χ3v) is 4.05. The highest BCUT2D eigenvalue weighted by atomic mass is 16.5. The van der Waals surface area contributed by atoms with Crippen molar-refractivity contribution in [2.75, 3.05) is 18.1 Å². The topological polar surface area (TPSA) is 88.7 Å². The minimum atomic E-state index is -0.0738. The minimum Gasteiger partial charge on any atom is -0.439 e. The Morgan fingerprint density at radius 3 is 2.92 bits per heavy atom. The predicted molar refractivity (Wildman–Crippen MR) is 91.1 cm³/mol. The van der Waals surface area contributed by atoms with Gasteiger partial charge in [-0.1, -0.05) is 6.07 Å². The van der Waals surface area contributed by atoms with Crippen LogP contribution in [0, 0.1) is 6.92 Å². The molecule has 126 valence electrons. The molecular formula is C18H21N3O3. The van der Waals surface area contributed by atoms with Crippen LogP contribution in [0.5, 0.6) is 11.6 Å². The number of nitrogens with two attached hydrogens (primary N) is 1. The molecule has 3 rings (SSSR count). The number of fused-ring (bicyclic) bond motifs is 1. The number of aromatic nitrogens is 1. The lowest BCUT2D eigenvalue weighted by molar-refractivity contribution is -0.119. The summed E-state index contributed by atoms with van der Waals surface area (Å²) in [4.78, 5) is 18.1. The molecule has 0 aliphatic carbocycles. The van der Waals surface area contributed by atoms with Gasteiger partial charge in [-0.2, -0.15) is 0 Å². The van der Waals surface area contributed by atoms with Crippen LogP contribution in [0.2, 0.25) is 0 Å². The highest BCUT2D eigenvalue weighted by molar-refractivity contribution is 5.97. The predicted octanol–water partition coefficient (Wildman–Crippen LogP) is 1.91. The van der Waals surface area contributed by atoms with Crippen molar-refractivity contribution in [2.45, 2.75) is 26.3 Å². The number of hydrogen-bond donors (Lipinski definition) is 2. The average Bonchev–Trinajstić information content (AvgIpc) is 2.57. The average molecular weight is 327 g/mol. The molecule has 0 unspecified atom stereocenters. The second kappa shape index (κ2) is 6.98. The van der Waals surface area contributed by atoms with Crippen LogP contribution in [0.1, 0.15) is 23.2 Å². The van der Waals surface area contributed by atoms with Gasteiger partial charge >= 0.3 is 0 Å². The number of β-amino-alcohol motifs (C(OH)–C–C–N with tert-alkyl or cyclic N) is 1. The van der Waals surface area contributed by atoms with E-state index in [1.54, 1.807) is 4.90 Å². The maximum absolute atomic E-state index is 12.1. The summed E-state index contributed by atoms with van der Waals surface area (Å²) in [5.41, 5.74) is 9.26. The van der Waals surface area contributed by atoms with Gasteiger partial charge in [0.15, 0.2) is 0 Å². The number of aliphatic hydroxyl groups is 1. The lowest BCUT2D eigenvalue weighted by Crippen LogP contribution is -2.37. The Hall–Kier alpha value is -2.44. The first kappa shape index (κ1) is 16.4. The summed E-state index contributed by atoms with van der Waals surface area (Å²) < 4.78 is 5.99. The Balaban J connectivity index is 1.96. The van der Waals surface area contributed by atoms with Crippen molar-refractivity contribution in [3.8, 4) is 11.6 Å². The van der Waals surface area contributed by atoms with E-state index in [2.05, 4.69) is 4.98 Å². The summed E-state index contributed by atoms with van der Waals surface area (Å²) in [6.07, 6.45) is 1.02. The summed E-state index contributed by atoms with van der Waals surface area (Å²) >= 11 is 0. The van der Waals surface area contributed by atoms with E-state index in [0.717, 1.165) is 22.5 Å².